The molecule has 0 aliphatic carbocycles. The summed E-state index contributed by atoms with van der Waals surface area (Å²) in [7, 11) is 0. The standard InChI is InChI=1S/C20H31NO4/c1-14-10-9-13-17(23-14)24-18(16-11-7-6-8-12-16)15(2)21-19(22)25-20(3,4)5/h6-8,11-12,14-15,17-18H,9-10,13H2,1-5H3,(H,21,22)/t14-,15+,17+,18-/m0/s1. The van der Waals surface area contributed by atoms with Gasteiger partial charge < -0.3 is 19.5 Å². The van der Waals surface area contributed by atoms with Gasteiger partial charge in [0.1, 0.15) is 11.7 Å². The molecule has 1 fully saturated rings. The molecular weight excluding hydrogens is 318 g/mol. The Morgan fingerprint density at radius 2 is 1.92 bits per heavy atom. The molecule has 1 aliphatic heterocycles. The van der Waals surface area contributed by atoms with E-state index in [0.717, 1.165) is 24.8 Å². The van der Waals surface area contributed by atoms with Crippen LogP contribution in [0.4, 0.5) is 4.79 Å². The zero-order valence-corrected chi connectivity index (χ0v) is 16.0. The highest BCUT2D eigenvalue weighted by molar-refractivity contribution is 5.68. The third kappa shape index (κ3) is 6.67. The first-order chi connectivity index (χ1) is 11.7. The molecule has 0 spiro atoms. The van der Waals surface area contributed by atoms with Crippen molar-refractivity contribution in [3.05, 3.63) is 35.9 Å². The summed E-state index contributed by atoms with van der Waals surface area (Å²) in [6.07, 6.45) is 2.21. The van der Waals surface area contributed by atoms with E-state index in [4.69, 9.17) is 14.2 Å². The molecule has 0 saturated carbocycles. The van der Waals surface area contributed by atoms with Crippen LogP contribution in [0.1, 0.15) is 65.5 Å². The van der Waals surface area contributed by atoms with E-state index in [1.54, 1.807) is 0 Å². The van der Waals surface area contributed by atoms with Crippen molar-refractivity contribution in [2.24, 2.45) is 0 Å². The average Bonchev–Trinajstić information content (AvgIpc) is 2.51. The Labute approximate surface area is 151 Å². The Balaban J connectivity index is 2.07. The smallest absolute Gasteiger partial charge is 0.407 e. The lowest BCUT2D eigenvalue weighted by atomic mass is 10.0. The predicted molar refractivity (Wildman–Crippen MR) is 97.3 cm³/mol. The highest BCUT2D eigenvalue weighted by Crippen LogP contribution is 2.28. The topological polar surface area (TPSA) is 56.8 Å². The van der Waals surface area contributed by atoms with Gasteiger partial charge in [-0.25, -0.2) is 4.79 Å². The van der Waals surface area contributed by atoms with Gasteiger partial charge in [-0.2, -0.15) is 0 Å². The van der Waals surface area contributed by atoms with Crippen LogP contribution in [0.25, 0.3) is 0 Å². The monoisotopic (exact) mass is 349 g/mol. The fourth-order valence-electron chi connectivity index (χ4n) is 2.93. The normalized spacial score (nSPS) is 23.6. The van der Waals surface area contributed by atoms with E-state index in [-0.39, 0.29) is 24.5 Å². The molecule has 1 aromatic rings. The van der Waals surface area contributed by atoms with Crippen LogP contribution in [0.5, 0.6) is 0 Å². The fraction of sp³-hybridized carbons (Fsp3) is 0.650. The molecule has 0 unspecified atom stereocenters. The molecular formula is C20H31NO4. The summed E-state index contributed by atoms with van der Waals surface area (Å²) in [6.45, 7) is 9.53. The van der Waals surface area contributed by atoms with E-state index < -0.39 is 11.7 Å². The van der Waals surface area contributed by atoms with Gasteiger partial charge in [-0.15, -0.1) is 0 Å². The van der Waals surface area contributed by atoms with E-state index in [1.807, 2.05) is 58.0 Å². The Hall–Kier alpha value is -1.59. The second-order valence-corrected chi connectivity index (χ2v) is 7.71. The van der Waals surface area contributed by atoms with Crippen LogP contribution in [0.3, 0.4) is 0 Å². The first kappa shape index (κ1) is 19.7. The van der Waals surface area contributed by atoms with Crippen LogP contribution in [0.15, 0.2) is 30.3 Å². The van der Waals surface area contributed by atoms with Crippen molar-refractivity contribution in [1.82, 2.24) is 5.32 Å². The number of hydrogen-bond donors (Lipinski definition) is 1. The highest BCUT2D eigenvalue weighted by Gasteiger charge is 2.29. The van der Waals surface area contributed by atoms with E-state index in [2.05, 4.69) is 12.2 Å². The predicted octanol–water partition coefficient (Wildman–Crippen LogP) is 4.57. The van der Waals surface area contributed by atoms with Crippen molar-refractivity contribution >= 4 is 6.09 Å². The van der Waals surface area contributed by atoms with Gasteiger partial charge in [-0.05, 0) is 59.4 Å². The number of amides is 1. The highest BCUT2D eigenvalue weighted by atomic mass is 16.7. The number of carbonyl (C=O) groups is 1. The maximum absolute atomic E-state index is 12.1. The Morgan fingerprint density at radius 1 is 1.24 bits per heavy atom. The maximum atomic E-state index is 12.1. The van der Waals surface area contributed by atoms with E-state index in [0.29, 0.717) is 0 Å². The molecule has 0 bridgehead atoms. The van der Waals surface area contributed by atoms with Crippen molar-refractivity contribution in [2.75, 3.05) is 0 Å². The average molecular weight is 349 g/mol. The molecule has 1 saturated heterocycles. The number of ether oxygens (including phenoxy) is 3. The number of rotatable bonds is 5. The summed E-state index contributed by atoms with van der Waals surface area (Å²) in [6, 6.07) is 9.66. The molecule has 5 heteroatoms. The third-order valence-corrected chi connectivity index (χ3v) is 4.06. The molecule has 0 aromatic heterocycles. The lowest BCUT2D eigenvalue weighted by Gasteiger charge is -2.34. The second kappa shape index (κ2) is 8.68. The Bertz CT molecular complexity index is 540. The van der Waals surface area contributed by atoms with Gasteiger partial charge in [-0.3, -0.25) is 0 Å². The lowest BCUT2D eigenvalue weighted by Crippen LogP contribution is -2.43. The summed E-state index contributed by atoms with van der Waals surface area (Å²) >= 11 is 0. The molecule has 140 valence electrons. The number of hydrogen-bond acceptors (Lipinski definition) is 4. The van der Waals surface area contributed by atoms with Gasteiger partial charge in [-0.1, -0.05) is 30.3 Å². The van der Waals surface area contributed by atoms with Crippen LogP contribution in [0.2, 0.25) is 0 Å². The molecule has 2 rings (SSSR count). The lowest BCUT2D eigenvalue weighted by molar-refractivity contribution is -0.216. The minimum Gasteiger partial charge on any atom is -0.444 e. The largest absolute Gasteiger partial charge is 0.444 e. The molecule has 4 atom stereocenters. The van der Waals surface area contributed by atoms with E-state index >= 15 is 0 Å². The first-order valence-electron chi connectivity index (χ1n) is 9.10. The summed E-state index contributed by atoms with van der Waals surface area (Å²) in [4.78, 5) is 12.1. The van der Waals surface area contributed by atoms with Gasteiger partial charge in [0.05, 0.1) is 12.1 Å². The van der Waals surface area contributed by atoms with Gasteiger partial charge in [0.25, 0.3) is 0 Å². The molecule has 1 aliphatic rings. The van der Waals surface area contributed by atoms with Gasteiger partial charge in [0, 0.05) is 0 Å². The van der Waals surface area contributed by atoms with Crippen molar-refractivity contribution < 1.29 is 19.0 Å². The van der Waals surface area contributed by atoms with Crippen molar-refractivity contribution in [1.29, 1.82) is 0 Å². The van der Waals surface area contributed by atoms with Gasteiger partial charge >= 0.3 is 6.09 Å². The summed E-state index contributed by atoms with van der Waals surface area (Å²) in [5, 5.41) is 2.89. The third-order valence-electron chi connectivity index (χ3n) is 4.06. The van der Waals surface area contributed by atoms with Crippen molar-refractivity contribution in [3.8, 4) is 0 Å². The molecule has 1 aromatic carbocycles. The zero-order chi connectivity index (χ0) is 18.4. The minimum atomic E-state index is -0.533. The van der Waals surface area contributed by atoms with Crippen LogP contribution in [-0.4, -0.2) is 30.1 Å². The SMILES string of the molecule is C[C@H]1CCC[C@@H](O[C@H](c2ccccc2)[C@@H](C)NC(=O)OC(C)(C)C)O1. The first-order valence-corrected chi connectivity index (χ1v) is 9.10. The van der Waals surface area contributed by atoms with Crippen LogP contribution >= 0.6 is 0 Å². The van der Waals surface area contributed by atoms with E-state index in [1.165, 1.54) is 0 Å². The molecule has 1 N–H and O–H groups in total. The Morgan fingerprint density at radius 3 is 2.52 bits per heavy atom. The van der Waals surface area contributed by atoms with Crippen LogP contribution < -0.4 is 5.32 Å². The van der Waals surface area contributed by atoms with Gasteiger partial charge in [0.15, 0.2) is 6.29 Å². The quantitative estimate of drug-likeness (QED) is 0.846. The molecule has 1 amide bonds. The number of nitrogens with one attached hydrogen (secondary N) is 1. The summed E-state index contributed by atoms with van der Waals surface area (Å²) in [5.74, 6) is 0. The zero-order valence-electron chi connectivity index (χ0n) is 16.0. The second-order valence-electron chi connectivity index (χ2n) is 7.71. The molecule has 25 heavy (non-hydrogen) atoms. The van der Waals surface area contributed by atoms with Gasteiger partial charge in [0.2, 0.25) is 0 Å². The summed E-state index contributed by atoms with van der Waals surface area (Å²) in [5.41, 5.74) is 0.474. The molecule has 5 nitrogen and oxygen atoms in total. The number of benzene rings is 1. The molecule has 0 radical (unpaired) electrons. The maximum Gasteiger partial charge on any atom is 0.407 e. The Kier molecular flexibility index (Phi) is 6.85. The minimum absolute atomic E-state index is 0.198. The number of carbonyl (C=O) groups excluding carboxylic acids is 1. The van der Waals surface area contributed by atoms with Crippen molar-refractivity contribution in [2.45, 2.75) is 84.0 Å². The fourth-order valence-corrected chi connectivity index (χ4v) is 2.93. The van der Waals surface area contributed by atoms with E-state index in [9.17, 15) is 4.79 Å². The number of alkyl carbamates (subject to hydrolysis) is 1. The summed E-state index contributed by atoms with van der Waals surface area (Å²) < 4.78 is 17.5. The van der Waals surface area contributed by atoms with Crippen LogP contribution in [-0.2, 0) is 14.2 Å². The van der Waals surface area contributed by atoms with Crippen LogP contribution in [0, 0.1) is 0 Å². The molecule has 1 heterocycles. The van der Waals surface area contributed by atoms with Crippen molar-refractivity contribution in [3.63, 3.8) is 0 Å².